The number of hydrogen-bond acceptors (Lipinski definition) is 3. The molecule has 2 rings (SSSR count). The van der Waals surface area contributed by atoms with E-state index in [1.807, 2.05) is 24.3 Å². The Labute approximate surface area is 123 Å². The number of allylic oxidation sites excluding steroid dienone is 1. The number of nitrogens with one attached hydrogen (secondary N) is 1. The van der Waals surface area contributed by atoms with Gasteiger partial charge in [-0.05, 0) is 24.1 Å². The third-order valence-corrected chi connectivity index (χ3v) is 3.06. The molecule has 0 aliphatic heterocycles. The van der Waals surface area contributed by atoms with E-state index in [0.717, 1.165) is 6.42 Å². The van der Waals surface area contributed by atoms with E-state index < -0.39 is 0 Å². The molecule has 0 radical (unpaired) electrons. The zero-order valence-corrected chi connectivity index (χ0v) is 11.9. The highest BCUT2D eigenvalue weighted by Crippen LogP contribution is 2.10. The van der Waals surface area contributed by atoms with Crippen molar-refractivity contribution >= 4 is 23.2 Å². The van der Waals surface area contributed by atoms with Crippen LogP contribution in [0.25, 0.3) is 0 Å². The van der Waals surface area contributed by atoms with Gasteiger partial charge in [0.2, 0.25) is 0 Å². The summed E-state index contributed by atoms with van der Waals surface area (Å²) >= 11 is 5.74. The fourth-order valence-corrected chi connectivity index (χ4v) is 1.78. The molecule has 102 valence electrons. The number of halogens is 1. The standard InChI is InChI=1S/C16H15ClN2O/c1-2-12-3-5-13(6-4-12)15(20)9-10-18-16-8-7-14(17)11-19-16/h3-11H,2H2,1H3,(H,18,19)/b10-9+. The molecule has 0 amide bonds. The topological polar surface area (TPSA) is 42.0 Å². The molecule has 4 heteroatoms. The fraction of sp³-hybridized carbons (Fsp3) is 0.125. The lowest BCUT2D eigenvalue weighted by atomic mass is 10.1. The Hall–Kier alpha value is -2.13. The predicted octanol–water partition coefficient (Wildman–Crippen LogP) is 4.11. The van der Waals surface area contributed by atoms with E-state index in [0.29, 0.717) is 16.4 Å². The van der Waals surface area contributed by atoms with Gasteiger partial charge in [0, 0.05) is 24.0 Å². The van der Waals surface area contributed by atoms with Crippen molar-refractivity contribution in [2.24, 2.45) is 0 Å². The van der Waals surface area contributed by atoms with Gasteiger partial charge in [-0.1, -0.05) is 42.8 Å². The number of ketones is 1. The van der Waals surface area contributed by atoms with Crippen molar-refractivity contribution < 1.29 is 4.79 Å². The minimum absolute atomic E-state index is 0.0471. The van der Waals surface area contributed by atoms with Gasteiger partial charge in [0.05, 0.1) is 5.02 Å². The van der Waals surface area contributed by atoms with Crippen LogP contribution in [-0.4, -0.2) is 10.8 Å². The number of rotatable bonds is 5. The van der Waals surface area contributed by atoms with Crippen molar-refractivity contribution in [2.45, 2.75) is 13.3 Å². The van der Waals surface area contributed by atoms with Gasteiger partial charge < -0.3 is 5.32 Å². The molecule has 2 aromatic rings. The third kappa shape index (κ3) is 3.93. The number of carbonyl (C=O) groups is 1. The average Bonchev–Trinajstić information content (AvgIpc) is 2.49. The molecule has 0 aliphatic carbocycles. The van der Waals surface area contributed by atoms with E-state index >= 15 is 0 Å². The number of aromatic nitrogens is 1. The smallest absolute Gasteiger partial charge is 0.187 e. The predicted molar refractivity (Wildman–Crippen MR) is 82.2 cm³/mol. The Morgan fingerprint density at radius 2 is 2.00 bits per heavy atom. The van der Waals surface area contributed by atoms with Crippen LogP contribution in [0.4, 0.5) is 5.82 Å². The van der Waals surface area contributed by atoms with E-state index in [1.54, 1.807) is 24.5 Å². The molecule has 1 heterocycles. The maximum atomic E-state index is 11.9. The van der Waals surface area contributed by atoms with Crippen molar-refractivity contribution in [2.75, 3.05) is 5.32 Å². The molecular weight excluding hydrogens is 272 g/mol. The van der Waals surface area contributed by atoms with Gasteiger partial charge in [-0.3, -0.25) is 4.79 Å². The number of pyridine rings is 1. The second kappa shape index (κ2) is 6.87. The van der Waals surface area contributed by atoms with Gasteiger partial charge in [0.15, 0.2) is 5.78 Å². The van der Waals surface area contributed by atoms with Crippen LogP contribution in [0, 0.1) is 0 Å². The van der Waals surface area contributed by atoms with Crippen LogP contribution in [0.5, 0.6) is 0 Å². The van der Waals surface area contributed by atoms with Gasteiger partial charge in [-0.2, -0.15) is 0 Å². The minimum atomic E-state index is -0.0471. The second-order valence-electron chi connectivity index (χ2n) is 4.25. The van der Waals surface area contributed by atoms with Gasteiger partial charge in [0.1, 0.15) is 5.82 Å². The molecule has 0 aliphatic rings. The maximum Gasteiger partial charge on any atom is 0.187 e. The third-order valence-electron chi connectivity index (χ3n) is 2.84. The van der Waals surface area contributed by atoms with E-state index in [2.05, 4.69) is 17.2 Å². The largest absolute Gasteiger partial charge is 0.347 e. The maximum absolute atomic E-state index is 11.9. The lowest BCUT2D eigenvalue weighted by Crippen LogP contribution is -1.97. The molecule has 1 aromatic carbocycles. The van der Waals surface area contributed by atoms with Gasteiger partial charge in [-0.25, -0.2) is 4.98 Å². The van der Waals surface area contributed by atoms with Crippen LogP contribution in [0.2, 0.25) is 5.02 Å². The van der Waals surface area contributed by atoms with Crippen LogP contribution in [0.3, 0.4) is 0 Å². The van der Waals surface area contributed by atoms with E-state index in [1.165, 1.54) is 11.6 Å². The van der Waals surface area contributed by atoms with Gasteiger partial charge in [-0.15, -0.1) is 0 Å². The molecule has 3 nitrogen and oxygen atoms in total. The first kappa shape index (κ1) is 14.3. The molecule has 0 fully saturated rings. The molecule has 1 N–H and O–H groups in total. The molecule has 0 unspecified atom stereocenters. The first-order valence-electron chi connectivity index (χ1n) is 6.37. The highest BCUT2D eigenvalue weighted by molar-refractivity contribution is 6.30. The van der Waals surface area contributed by atoms with Gasteiger partial charge in [0.25, 0.3) is 0 Å². The monoisotopic (exact) mass is 286 g/mol. The number of nitrogens with zero attached hydrogens (tertiary/aromatic N) is 1. The summed E-state index contributed by atoms with van der Waals surface area (Å²) < 4.78 is 0. The summed E-state index contributed by atoms with van der Waals surface area (Å²) in [5.74, 6) is 0.592. The Morgan fingerprint density at radius 1 is 1.25 bits per heavy atom. The number of benzene rings is 1. The molecular formula is C16H15ClN2O. The molecule has 0 saturated heterocycles. The zero-order valence-electron chi connectivity index (χ0n) is 11.1. The zero-order chi connectivity index (χ0) is 14.4. The fourth-order valence-electron chi connectivity index (χ4n) is 1.66. The quantitative estimate of drug-likeness (QED) is 0.664. The lowest BCUT2D eigenvalue weighted by molar-refractivity contribution is 0.104. The molecule has 0 spiro atoms. The summed E-state index contributed by atoms with van der Waals surface area (Å²) in [6, 6.07) is 11.1. The van der Waals surface area contributed by atoms with Crippen molar-refractivity contribution in [3.05, 3.63) is 71.0 Å². The Balaban J connectivity index is 1.96. The molecule has 0 bridgehead atoms. The minimum Gasteiger partial charge on any atom is -0.347 e. The second-order valence-corrected chi connectivity index (χ2v) is 4.69. The highest BCUT2D eigenvalue weighted by Gasteiger charge is 2.01. The molecule has 20 heavy (non-hydrogen) atoms. The van der Waals surface area contributed by atoms with Crippen molar-refractivity contribution in [1.29, 1.82) is 0 Å². The SMILES string of the molecule is CCc1ccc(C(=O)/C=C/Nc2ccc(Cl)cn2)cc1. The van der Waals surface area contributed by atoms with Gasteiger partial charge >= 0.3 is 0 Å². The van der Waals surface area contributed by atoms with Crippen LogP contribution in [0.1, 0.15) is 22.8 Å². The van der Waals surface area contributed by atoms with Crippen LogP contribution in [-0.2, 0) is 6.42 Å². The first-order chi connectivity index (χ1) is 9.69. The summed E-state index contributed by atoms with van der Waals surface area (Å²) in [7, 11) is 0. The number of carbonyl (C=O) groups excluding carboxylic acids is 1. The summed E-state index contributed by atoms with van der Waals surface area (Å²) in [5, 5.41) is 3.50. The van der Waals surface area contributed by atoms with E-state index in [9.17, 15) is 4.79 Å². The van der Waals surface area contributed by atoms with Crippen LogP contribution in [0.15, 0.2) is 54.9 Å². The molecule has 0 atom stereocenters. The Kier molecular flexibility index (Phi) is 4.91. The lowest BCUT2D eigenvalue weighted by Gasteiger charge is -2.00. The molecule has 1 aromatic heterocycles. The summed E-state index contributed by atoms with van der Waals surface area (Å²) in [5.41, 5.74) is 1.89. The van der Waals surface area contributed by atoms with Crippen LogP contribution >= 0.6 is 11.6 Å². The highest BCUT2D eigenvalue weighted by atomic mass is 35.5. The molecule has 0 saturated carbocycles. The number of hydrogen-bond donors (Lipinski definition) is 1. The Bertz CT molecular complexity index is 603. The van der Waals surface area contributed by atoms with E-state index in [4.69, 9.17) is 11.6 Å². The van der Waals surface area contributed by atoms with Crippen LogP contribution < -0.4 is 5.32 Å². The van der Waals surface area contributed by atoms with Crippen molar-refractivity contribution in [3.8, 4) is 0 Å². The average molecular weight is 287 g/mol. The Morgan fingerprint density at radius 3 is 2.60 bits per heavy atom. The normalized spacial score (nSPS) is 10.7. The first-order valence-corrected chi connectivity index (χ1v) is 6.74. The summed E-state index contributed by atoms with van der Waals surface area (Å²) in [4.78, 5) is 16.0. The number of anilines is 1. The summed E-state index contributed by atoms with van der Waals surface area (Å²) in [6.07, 6.45) is 5.57. The van der Waals surface area contributed by atoms with Crippen molar-refractivity contribution in [3.63, 3.8) is 0 Å². The summed E-state index contributed by atoms with van der Waals surface area (Å²) in [6.45, 7) is 2.08. The number of aryl methyl sites for hydroxylation is 1. The van der Waals surface area contributed by atoms with E-state index in [-0.39, 0.29) is 5.78 Å². The van der Waals surface area contributed by atoms with Crippen molar-refractivity contribution in [1.82, 2.24) is 4.98 Å².